The number of carbonyl (C=O) groups is 3. The summed E-state index contributed by atoms with van der Waals surface area (Å²) in [6.07, 6.45) is 28.2. The van der Waals surface area contributed by atoms with Crippen molar-refractivity contribution in [2.45, 2.75) is 144 Å². The maximum atomic E-state index is 12.1. The van der Waals surface area contributed by atoms with E-state index >= 15 is 0 Å². The molecule has 2 aromatic rings. The number of allylic oxidation sites excluding steroid dienone is 2. The highest BCUT2D eigenvalue weighted by atomic mass is 16.5. The fourth-order valence-electron chi connectivity index (χ4n) is 5.83. The highest BCUT2D eigenvalue weighted by Crippen LogP contribution is 2.29. The van der Waals surface area contributed by atoms with Crippen LogP contribution in [0.4, 0.5) is 0 Å². The normalized spacial score (nSPS) is 13.1. The standard InChI is InChI=1S/C20H29NO5.C16H24.C8H12O/c1-5-7-8-9-11-19(23)26-20-15(3)21-12-16(17(20)14-24-4)13-25-18(22)10-6-2;1-3-9-15(10-4-1)11-5-2-6-12-16-13-7-8-14-16;1-4-5-8(6-9)7(2)3/h5,7,12H,6,8-11,13-14H2,1-4H3;1,3-4,9-10,16H,2,5-8,11-14H2;1,6-8H,5H2,2-3H3/b7-5-;;. The summed E-state index contributed by atoms with van der Waals surface area (Å²) < 4.78 is 16.1. The number of pyridine rings is 1. The van der Waals surface area contributed by atoms with Crippen molar-refractivity contribution in [2.75, 3.05) is 7.11 Å². The predicted molar refractivity (Wildman–Crippen MR) is 207 cm³/mol. The monoisotopic (exact) mass is 703 g/mol. The molecule has 1 aromatic carbocycles. The summed E-state index contributed by atoms with van der Waals surface area (Å²) in [5.74, 6) is 3.80. The number of hydrogen-bond acceptors (Lipinski definition) is 7. The lowest BCUT2D eigenvalue weighted by Crippen LogP contribution is -2.14. The predicted octanol–water partition coefficient (Wildman–Crippen LogP) is 10.5. The Morgan fingerprint density at radius 1 is 1.02 bits per heavy atom. The second-order valence-electron chi connectivity index (χ2n) is 13.6. The molecule has 0 bridgehead atoms. The average molecular weight is 704 g/mol. The van der Waals surface area contributed by atoms with E-state index in [0.29, 0.717) is 47.8 Å². The van der Waals surface area contributed by atoms with Crippen LogP contribution in [0.5, 0.6) is 5.75 Å². The molecule has 1 heterocycles. The summed E-state index contributed by atoms with van der Waals surface area (Å²) in [5, 5.41) is 0. The summed E-state index contributed by atoms with van der Waals surface area (Å²) in [7, 11) is 1.56. The minimum absolute atomic E-state index is 0.0509. The van der Waals surface area contributed by atoms with E-state index in [0.717, 1.165) is 31.5 Å². The maximum Gasteiger partial charge on any atom is 0.311 e. The first-order valence-corrected chi connectivity index (χ1v) is 19.1. The van der Waals surface area contributed by atoms with Gasteiger partial charge in [-0.2, -0.15) is 0 Å². The molecule has 0 radical (unpaired) electrons. The topological polar surface area (TPSA) is 91.8 Å². The van der Waals surface area contributed by atoms with Crippen LogP contribution >= 0.6 is 0 Å². The third-order valence-corrected chi connectivity index (χ3v) is 9.02. The van der Waals surface area contributed by atoms with Crippen molar-refractivity contribution in [1.82, 2.24) is 4.98 Å². The first-order chi connectivity index (χ1) is 24.7. The van der Waals surface area contributed by atoms with Crippen molar-refractivity contribution >= 4 is 18.2 Å². The van der Waals surface area contributed by atoms with Gasteiger partial charge in [0.25, 0.3) is 0 Å². The van der Waals surface area contributed by atoms with Crippen LogP contribution in [0.1, 0.15) is 140 Å². The zero-order valence-electron chi connectivity index (χ0n) is 32.4. The van der Waals surface area contributed by atoms with Crippen LogP contribution in [-0.2, 0) is 43.5 Å². The number of aldehydes is 1. The van der Waals surface area contributed by atoms with Crippen molar-refractivity contribution in [3.63, 3.8) is 0 Å². The molecule has 1 unspecified atom stereocenters. The highest BCUT2D eigenvalue weighted by molar-refractivity contribution is 5.73. The minimum Gasteiger partial charge on any atom is -0.461 e. The highest BCUT2D eigenvalue weighted by Gasteiger charge is 2.18. The van der Waals surface area contributed by atoms with Gasteiger partial charge < -0.3 is 19.0 Å². The Morgan fingerprint density at radius 3 is 2.33 bits per heavy atom. The van der Waals surface area contributed by atoms with Crippen molar-refractivity contribution in [2.24, 2.45) is 17.8 Å². The largest absolute Gasteiger partial charge is 0.461 e. The maximum absolute atomic E-state index is 12.1. The Morgan fingerprint density at radius 2 is 1.75 bits per heavy atom. The smallest absolute Gasteiger partial charge is 0.311 e. The number of ether oxygens (including phenoxy) is 3. The van der Waals surface area contributed by atoms with Gasteiger partial charge >= 0.3 is 11.9 Å². The Balaban J connectivity index is 0.000000438. The second-order valence-corrected chi connectivity index (χ2v) is 13.6. The summed E-state index contributed by atoms with van der Waals surface area (Å²) in [6.45, 7) is 9.95. The average Bonchev–Trinajstić information content (AvgIpc) is 3.65. The number of terminal acetylenes is 1. The van der Waals surface area contributed by atoms with Gasteiger partial charge in [0.2, 0.25) is 0 Å². The molecule has 3 rings (SSSR count). The third-order valence-electron chi connectivity index (χ3n) is 9.02. The number of unbranched alkanes of at least 4 members (excludes halogenated alkanes) is 3. The number of methoxy groups -OCH3 is 1. The molecule has 0 saturated heterocycles. The van der Waals surface area contributed by atoms with Gasteiger partial charge in [-0.05, 0) is 63.4 Å². The number of hydrogen-bond donors (Lipinski definition) is 0. The van der Waals surface area contributed by atoms with E-state index in [1.165, 1.54) is 63.4 Å². The first kappa shape index (κ1) is 45.3. The van der Waals surface area contributed by atoms with Crippen LogP contribution in [0.2, 0.25) is 0 Å². The second kappa shape index (κ2) is 28.9. The molecule has 0 amide bonds. The van der Waals surface area contributed by atoms with Gasteiger partial charge in [-0.3, -0.25) is 14.6 Å². The van der Waals surface area contributed by atoms with Crippen LogP contribution in [0.15, 0.2) is 48.7 Å². The van der Waals surface area contributed by atoms with Gasteiger partial charge in [0, 0.05) is 49.6 Å². The Kier molecular flexibility index (Phi) is 25.6. The lowest BCUT2D eigenvalue weighted by atomic mass is 9.95. The molecule has 7 nitrogen and oxygen atoms in total. The van der Waals surface area contributed by atoms with Crippen LogP contribution in [0.3, 0.4) is 0 Å². The molecule has 7 heteroatoms. The SMILES string of the molecule is C#CCC(C=O)C(C)C.C/C=C\CCCC(=O)Oc1c(C)ncc(COC(=O)CCC)c1COC.c1ccc(CCCCCC2CCCC2)cc1. The quantitative estimate of drug-likeness (QED) is 0.0446. The molecule has 1 fully saturated rings. The number of carbonyl (C=O) groups excluding carboxylic acids is 3. The van der Waals surface area contributed by atoms with Crippen LogP contribution in [0, 0.1) is 37.0 Å². The first-order valence-electron chi connectivity index (χ1n) is 19.1. The van der Waals surface area contributed by atoms with E-state index in [1.54, 1.807) is 20.2 Å². The Bertz CT molecular complexity index is 1310. The molecular weight excluding hydrogens is 638 g/mol. The van der Waals surface area contributed by atoms with Gasteiger partial charge in [-0.15, -0.1) is 12.3 Å². The van der Waals surface area contributed by atoms with Gasteiger partial charge in [0.15, 0.2) is 5.75 Å². The molecule has 1 saturated carbocycles. The fourth-order valence-corrected chi connectivity index (χ4v) is 5.83. The molecule has 0 spiro atoms. The molecule has 0 N–H and O–H groups in total. The fraction of sp³-hybridized carbons (Fsp3) is 0.591. The van der Waals surface area contributed by atoms with Crippen molar-refractivity contribution in [3.05, 3.63) is 71.1 Å². The molecule has 1 aromatic heterocycles. The summed E-state index contributed by atoms with van der Waals surface area (Å²) >= 11 is 0. The van der Waals surface area contributed by atoms with Crippen molar-refractivity contribution in [3.8, 4) is 18.1 Å². The number of aryl methyl sites for hydroxylation is 2. The minimum atomic E-state index is -0.308. The zero-order chi connectivity index (χ0) is 37.7. The van der Waals surface area contributed by atoms with E-state index in [4.69, 9.17) is 20.6 Å². The van der Waals surface area contributed by atoms with E-state index in [-0.39, 0.29) is 31.1 Å². The molecule has 1 aliphatic carbocycles. The zero-order valence-corrected chi connectivity index (χ0v) is 32.4. The molecule has 1 atom stereocenters. The third kappa shape index (κ3) is 20.6. The van der Waals surface area contributed by atoms with Gasteiger partial charge in [-0.25, -0.2) is 0 Å². The number of esters is 2. The van der Waals surface area contributed by atoms with E-state index in [2.05, 4.69) is 41.2 Å². The van der Waals surface area contributed by atoms with E-state index in [1.807, 2.05) is 39.8 Å². The summed E-state index contributed by atoms with van der Waals surface area (Å²) in [4.78, 5) is 38.3. The lowest BCUT2D eigenvalue weighted by Gasteiger charge is -2.16. The van der Waals surface area contributed by atoms with Gasteiger partial charge in [-0.1, -0.05) is 108 Å². The molecule has 51 heavy (non-hydrogen) atoms. The Hall–Kier alpha value is -3.76. The Labute approximate surface area is 309 Å². The van der Waals surface area contributed by atoms with Crippen LogP contribution in [0.25, 0.3) is 0 Å². The number of benzene rings is 1. The number of nitrogens with zero attached hydrogens (tertiary/aromatic N) is 1. The van der Waals surface area contributed by atoms with Crippen LogP contribution in [-0.4, -0.2) is 30.3 Å². The molecule has 0 aliphatic heterocycles. The molecule has 1 aliphatic rings. The van der Waals surface area contributed by atoms with Crippen molar-refractivity contribution in [1.29, 1.82) is 0 Å². The van der Waals surface area contributed by atoms with Crippen molar-refractivity contribution < 1.29 is 28.6 Å². The summed E-state index contributed by atoms with van der Waals surface area (Å²) in [6, 6.07) is 10.9. The molecular formula is C44H65NO6. The number of aromatic nitrogens is 1. The van der Waals surface area contributed by atoms with E-state index < -0.39 is 0 Å². The lowest BCUT2D eigenvalue weighted by molar-refractivity contribution is -0.145. The van der Waals surface area contributed by atoms with Gasteiger partial charge in [0.1, 0.15) is 12.9 Å². The molecule has 282 valence electrons. The number of rotatable bonds is 20. The van der Waals surface area contributed by atoms with E-state index in [9.17, 15) is 14.4 Å². The van der Waals surface area contributed by atoms with Crippen LogP contribution < -0.4 is 4.74 Å². The van der Waals surface area contributed by atoms with Gasteiger partial charge in [0.05, 0.1) is 12.3 Å². The summed E-state index contributed by atoms with van der Waals surface area (Å²) in [5.41, 5.74) is 3.47.